The Balaban J connectivity index is 2.08. The second-order valence-corrected chi connectivity index (χ2v) is 6.54. The van der Waals surface area contributed by atoms with Gasteiger partial charge in [0.05, 0.1) is 24.3 Å². The molecule has 5 nitrogen and oxygen atoms in total. The minimum absolute atomic E-state index is 0.161. The summed E-state index contributed by atoms with van der Waals surface area (Å²) in [4.78, 5) is 26.4. The summed E-state index contributed by atoms with van der Waals surface area (Å²) in [6.07, 6.45) is -1.85. The Labute approximate surface area is 163 Å². The van der Waals surface area contributed by atoms with E-state index in [1.54, 1.807) is 30.3 Å². The van der Waals surface area contributed by atoms with E-state index >= 15 is 0 Å². The van der Waals surface area contributed by atoms with Crippen LogP contribution in [-0.4, -0.2) is 42.8 Å². The lowest BCUT2D eigenvalue weighted by Gasteiger charge is -2.21. The average molecular weight is 389 g/mol. The fraction of sp³-hybridized carbons (Fsp3) is 0.333. The molecule has 0 aliphatic carbocycles. The van der Waals surface area contributed by atoms with Crippen molar-refractivity contribution in [1.29, 1.82) is 0 Å². The molecule has 28 heavy (non-hydrogen) atoms. The number of aryl methyl sites for hydroxylation is 1. The van der Waals surface area contributed by atoms with Crippen molar-refractivity contribution in [3.63, 3.8) is 0 Å². The standard InChI is InChI=1S/C21H25F2N3O2/c1-3-11-26(13-19(22)23)14-20(27)25-18-10-5-4-9-17(18)21(28)24-16-8-6-7-15(2)12-16/h4-10,12,19H,3,11,13-14H2,1-2H3,(H,24,28)(H,25,27). The highest BCUT2D eigenvalue weighted by Crippen LogP contribution is 2.18. The molecular formula is C21H25F2N3O2. The van der Waals surface area contributed by atoms with Gasteiger partial charge in [-0.3, -0.25) is 14.5 Å². The summed E-state index contributed by atoms with van der Waals surface area (Å²) in [5.74, 6) is -0.801. The molecular weight excluding hydrogens is 364 g/mol. The van der Waals surface area contributed by atoms with Crippen LogP contribution in [0.15, 0.2) is 48.5 Å². The Morgan fingerprint density at radius 3 is 2.50 bits per heavy atom. The van der Waals surface area contributed by atoms with Crippen LogP contribution in [0.5, 0.6) is 0 Å². The summed E-state index contributed by atoms with van der Waals surface area (Å²) in [6.45, 7) is 3.56. The van der Waals surface area contributed by atoms with Crippen molar-refractivity contribution < 1.29 is 18.4 Å². The number of para-hydroxylation sites is 1. The van der Waals surface area contributed by atoms with Crippen LogP contribution >= 0.6 is 0 Å². The van der Waals surface area contributed by atoms with Crippen LogP contribution in [0.2, 0.25) is 0 Å². The lowest BCUT2D eigenvalue weighted by molar-refractivity contribution is -0.117. The zero-order chi connectivity index (χ0) is 20.5. The van der Waals surface area contributed by atoms with E-state index in [1.165, 1.54) is 4.90 Å². The first-order chi connectivity index (χ1) is 13.4. The second-order valence-electron chi connectivity index (χ2n) is 6.54. The molecule has 0 radical (unpaired) electrons. The van der Waals surface area contributed by atoms with Gasteiger partial charge in [-0.25, -0.2) is 8.78 Å². The summed E-state index contributed by atoms with van der Waals surface area (Å²) >= 11 is 0. The second kappa shape index (κ2) is 10.5. The van der Waals surface area contributed by atoms with E-state index in [4.69, 9.17) is 0 Å². The highest BCUT2D eigenvalue weighted by Gasteiger charge is 2.17. The van der Waals surface area contributed by atoms with Crippen molar-refractivity contribution in [3.8, 4) is 0 Å². The van der Waals surface area contributed by atoms with Crippen LogP contribution in [-0.2, 0) is 4.79 Å². The van der Waals surface area contributed by atoms with E-state index in [1.807, 2.05) is 32.0 Å². The van der Waals surface area contributed by atoms with Gasteiger partial charge in [0.2, 0.25) is 5.91 Å². The van der Waals surface area contributed by atoms with E-state index < -0.39 is 18.9 Å². The molecule has 0 atom stereocenters. The molecule has 2 amide bonds. The molecule has 0 saturated carbocycles. The van der Waals surface area contributed by atoms with Crippen LogP contribution in [0.1, 0.15) is 29.3 Å². The van der Waals surface area contributed by atoms with Crippen molar-refractivity contribution in [2.24, 2.45) is 0 Å². The predicted octanol–water partition coefficient (Wildman–Crippen LogP) is 4.16. The van der Waals surface area contributed by atoms with Crippen molar-refractivity contribution in [2.75, 3.05) is 30.3 Å². The third-order valence-electron chi connectivity index (χ3n) is 4.02. The van der Waals surface area contributed by atoms with Gasteiger partial charge < -0.3 is 10.6 Å². The smallest absolute Gasteiger partial charge is 0.257 e. The molecule has 0 spiro atoms. The van der Waals surface area contributed by atoms with E-state index in [0.717, 1.165) is 5.56 Å². The monoisotopic (exact) mass is 389 g/mol. The number of halogens is 2. The number of nitrogens with zero attached hydrogens (tertiary/aromatic N) is 1. The lowest BCUT2D eigenvalue weighted by atomic mass is 10.1. The Morgan fingerprint density at radius 2 is 1.82 bits per heavy atom. The fourth-order valence-electron chi connectivity index (χ4n) is 2.85. The SMILES string of the molecule is CCCN(CC(=O)Nc1ccccc1C(=O)Nc1cccc(C)c1)CC(F)F. The summed E-state index contributed by atoms with van der Waals surface area (Å²) in [7, 11) is 0. The van der Waals surface area contributed by atoms with Gasteiger partial charge in [-0.15, -0.1) is 0 Å². The zero-order valence-electron chi connectivity index (χ0n) is 16.0. The maximum absolute atomic E-state index is 12.7. The number of anilines is 2. The number of benzene rings is 2. The number of carbonyl (C=O) groups is 2. The Kier molecular flexibility index (Phi) is 8.07. The van der Waals surface area contributed by atoms with Crippen LogP contribution in [0.3, 0.4) is 0 Å². The minimum atomic E-state index is -2.51. The molecule has 0 unspecified atom stereocenters. The predicted molar refractivity (Wildman–Crippen MR) is 107 cm³/mol. The first-order valence-corrected chi connectivity index (χ1v) is 9.16. The van der Waals surface area contributed by atoms with Crippen LogP contribution < -0.4 is 10.6 Å². The fourth-order valence-corrected chi connectivity index (χ4v) is 2.85. The third kappa shape index (κ3) is 6.74. The van der Waals surface area contributed by atoms with Gasteiger partial charge >= 0.3 is 0 Å². The molecule has 150 valence electrons. The van der Waals surface area contributed by atoms with Crippen molar-refractivity contribution in [1.82, 2.24) is 4.90 Å². The van der Waals surface area contributed by atoms with Gasteiger partial charge in [-0.1, -0.05) is 31.2 Å². The molecule has 0 heterocycles. The molecule has 0 aromatic heterocycles. The summed E-state index contributed by atoms with van der Waals surface area (Å²) in [5, 5.41) is 5.46. The van der Waals surface area contributed by atoms with Gasteiger partial charge in [-0.05, 0) is 49.7 Å². The maximum atomic E-state index is 12.7. The quantitative estimate of drug-likeness (QED) is 0.677. The topological polar surface area (TPSA) is 61.4 Å². The van der Waals surface area contributed by atoms with E-state index in [0.29, 0.717) is 29.9 Å². The molecule has 0 aliphatic heterocycles. The molecule has 7 heteroatoms. The molecule has 2 rings (SSSR count). The number of hydrogen-bond acceptors (Lipinski definition) is 3. The van der Waals surface area contributed by atoms with Gasteiger partial charge in [0.25, 0.3) is 12.3 Å². The van der Waals surface area contributed by atoms with Gasteiger partial charge in [0.1, 0.15) is 0 Å². The van der Waals surface area contributed by atoms with Gasteiger partial charge in [-0.2, -0.15) is 0 Å². The van der Waals surface area contributed by atoms with Gasteiger partial charge in [0.15, 0.2) is 0 Å². The maximum Gasteiger partial charge on any atom is 0.257 e. The molecule has 0 aliphatic rings. The van der Waals surface area contributed by atoms with E-state index in [-0.39, 0.29) is 12.5 Å². The molecule has 2 aromatic rings. The summed E-state index contributed by atoms with van der Waals surface area (Å²) in [5.41, 5.74) is 2.30. The Bertz CT molecular complexity index is 812. The highest BCUT2D eigenvalue weighted by atomic mass is 19.3. The lowest BCUT2D eigenvalue weighted by Crippen LogP contribution is -2.37. The first-order valence-electron chi connectivity index (χ1n) is 9.16. The Morgan fingerprint density at radius 1 is 1.07 bits per heavy atom. The van der Waals surface area contributed by atoms with Gasteiger partial charge in [0, 0.05) is 5.69 Å². The van der Waals surface area contributed by atoms with Crippen molar-refractivity contribution in [3.05, 3.63) is 59.7 Å². The molecule has 2 aromatic carbocycles. The molecule has 2 N–H and O–H groups in total. The summed E-state index contributed by atoms with van der Waals surface area (Å²) in [6, 6.07) is 14.0. The zero-order valence-corrected chi connectivity index (χ0v) is 16.0. The molecule has 0 saturated heterocycles. The average Bonchev–Trinajstić information content (AvgIpc) is 2.61. The third-order valence-corrected chi connectivity index (χ3v) is 4.02. The number of hydrogen-bond donors (Lipinski definition) is 2. The van der Waals surface area contributed by atoms with Crippen molar-refractivity contribution in [2.45, 2.75) is 26.7 Å². The van der Waals surface area contributed by atoms with Crippen LogP contribution in [0.4, 0.5) is 20.2 Å². The number of alkyl halides is 2. The van der Waals surface area contributed by atoms with E-state index in [9.17, 15) is 18.4 Å². The molecule has 0 fully saturated rings. The number of carbonyl (C=O) groups excluding carboxylic acids is 2. The normalized spacial score (nSPS) is 10.9. The number of nitrogens with one attached hydrogen (secondary N) is 2. The Hall–Kier alpha value is -2.80. The minimum Gasteiger partial charge on any atom is -0.324 e. The van der Waals surface area contributed by atoms with E-state index in [2.05, 4.69) is 10.6 Å². The van der Waals surface area contributed by atoms with Crippen LogP contribution in [0, 0.1) is 6.92 Å². The number of amides is 2. The molecule has 0 bridgehead atoms. The highest BCUT2D eigenvalue weighted by molar-refractivity contribution is 6.10. The summed E-state index contributed by atoms with van der Waals surface area (Å²) < 4.78 is 25.3. The van der Waals surface area contributed by atoms with Crippen LogP contribution in [0.25, 0.3) is 0 Å². The first kappa shape index (κ1) is 21.5. The largest absolute Gasteiger partial charge is 0.324 e. The van der Waals surface area contributed by atoms with Crippen molar-refractivity contribution >= 4 is 23.2 Å². The number of rotatable bonds is 9.